The van der Waals surface area contributed by atoms with Crippen molar-refractivity contribution in [2.24, 2.45) is 11.8 Å². The van der Waals surface area contributed by atoms with Gasteiger partial charge in [-0.15, -0.1) is 0 Å². The summed E-state index contributed by atoms with van der Waals surface area (Å²) in [6, 6.07) is -0.672. The number of nitrogens with zero attached hydrogens (tertiary/aromatic N) is 2. The number of sulfonamides is 1. The lowest BCUT2D eigenvalue weighted by molar-refractivity contribution is -0.147. The first-order valence-corrected chi connectivity index (χ1v) is 9.36. The van der Waals surface area contributed by atoms with E-state index in [1.54, 1.807) is 4.90 Å². The molecule has 2 rings (SSSR count). The number of carbonyl (C=O) groups excluding carboxylic acids is 1. The van der Waals surface area contributed by atoms with Crippen molar-refractivity contribution in [3.8, 4) is 0 Å². The molecule has 0 saturated carbocycles. The number of carboxylic acids is 1. The smallest absolute Gasteiger partial charge is 0.306 e. The molecule has 2 aliphatic heterocycles. The highest BCUT2D eigenvalue weighted by Crippen LogP contribution is 2.26. The second kappa shape index (κ2) is 6.54. The highest BCUT2D eigenvalue weighted by atomic mass is 32.2. The van der Waals surface area contributed by atoms with Crippen molar-refractivity contribution in [2.45, 2.75) is 39.2 Å². The van der Waals surface area contributed by atoms with Crippen LogP contribution in [-0.2, 0) is 19.6 Å². The minimum atomic E-state index is -3.35. The maximum absolute atomic E-state index is 12.8. The summed E-state index contributed by atoms with van der Waals surface area (Å²) in [5.74, 6) is -1.43. The van der Waals surface area contributed by atoms with Crippen molar-refractivity contribution in [3.05, 3.63) is 0 Å². The second-order valence-electron chi connectivity index (χ2n) is 6.41. The summed E-state index contributed by atoms with van der Waals surface area (Å²) in [7, 11) is -3.35. The number of hydrogen-bond acceptors (Lipinski definition) is 4. The number of aliphatic carboxylic acids is 1. The molecule has 0 spiro atoms. The average Bonchev–Trinajstić information content (AvgIpc) is 2.78. The fourth-order valence-corrected chi connectivity index (χ4v) is 5.06. The molecule has 126 valence electrons. The molecule has 1 amide bonds. The molecule has 0 bridgehead atoms. The lowest BCUT2D eigenvalue weighted by Gasteiger charge is -2.36. The van der Waals surface area contributed by atoms with Gasteiger partial charge in [-0.25, -0.2) is 8.42 Å². The lowest BCUT2D eigenvalue weighted by atomic mass is 9.95. The standard InChI is InChI=1S/C14H24N2O5S/c1-10(2)12(16-6-3-9-22(16,20)21)13(17)15-7-4-11(5-8-15)14(18)19/h10-12H,3-9H2,1-2H3,(H,18,19). The van der Waals surface area contributed by atoms with Gasteiger partial charge in [0.15, 0.2) is 0 Å². The zero-order valence-electron chi connectivity index (χ0n) is 13.1. The third-order valence-electron chi connectivity index (χ3n) is 4.49. The van der Waals surface area contributed by atoms with Crippen LogP contribution >= 0.6 is 0 Å². The van der Waals surface area contributed by atoms with E-state index in [4.69, 9.17) is 5.11 Å². The van der Waals surface area contributed by atoms with Crippen LogP contribution in [0.15, 0.2) is 0 Å². The number of likely N-dealkylation sites (tertiary alicyclic amines) is 1. The molecule has 0 aliphatic carbocycles. The molecule has 0 aromatic rings. The van der Waals surface area contributed by atoms with E-state index in [1.165, 1.54) is 4.31 Å². The van der Waals surface area contributed by atoms with Gasteiger partial charge in [-0.1, -0.05) is 13.8 Å². The molecule has 2 heterocycles. The minimum Gasteiger partial charge on any atom is -0.481 e. The van der Waals surface area contributed by atoms with E-state index in [2.05, 4.69) is 0 Å². The number of hydrogen-bond donors (Lipinski definition) is 1. The number of amides is 1. The van der Waals surface area contributed by atoms with Crippen LogP contribution in [0.2, 0.25) is 0 Å². The van der Waals surface area contributed by atoms with Crippen molar-refractivity contribution in [1.82, 2.24) is 9.21 Å². The first-order valence-electron chi connectivity index (χ1n) is 7.75. The van der Waals surface area contributed by atoms with Crippen molar-refractivity contribution in [1.29, 1.82) is 0 Å². The maximum Gasteiger partial charge on any atom is 0.306 e. The van der Waals surface area contributed by atoms with Crippen molar-refractivity contribution < 1.29 is 23.1 Å². The molecule has 7 nitrogen and oxygen atoms in total. The Morgan fingerprint density at radius 2 is 1.73 bits per heavy atom. The van der Waals surface area contributed by atoms with Gasteiger partial charge >= 0.3 is 5.97 Å². The first kappa shape index (κ1) is 17.2. The van der Waals surface area contributed by atoms with Crippen LogP contribution in [0.1, 0.15) is 33.1 Å². The van der Waals surface area contributed by atoms with E-state index >= 15 is 0 Å². The Balaban J connectivity index is 2.10. The third kappa shape index (κ3) is 3.43. The van der Waals surface area contributed by atoms with Gasteiger partial charge in [0.2, 0.25) is 15.9 Å². The Morgan fingerprint density at radius 3 is 2.14 bits per heavy atom. The maximum atomic E-state index is 12.8. The normalized spacial score (nSPS) is 24.6. The Hall–Kier alpha value is -1.15. The average molecular weight is 332 g/mol. The van der Waals surface area contributed by atoms with E-state index in [0.717, 1.165) is 0 Å². The van der Waals surface area contributed by atoms with Gasteiger partial charge in [0, 0.05) is 19.6 Å². The molecule has 8 heteroatoms. The number of carboxylic acid groups (broad SMARTS) is 1. The summed E-state index contributed by atoms with van der Waals surface area (Å²) >= 11 is 0. The Labute approximate surface area is 131 Å². The van der Waals surface area contributed by atoms with Gasteiger partial charge in [-0.05, 0) is 25.2 Å². The summed E-state index contributed by atoms with van der Waals surface area (Å²) < 4.78 is 25.6. The van der Waals surface area contributed by atoms with Crippen LogP contribution in [0.4, 0.5) is 0 Å². The predicted octanol–water partition coefficient (Wildman–Crippen LogP) is 0.370. The van der Waals surface area contributed by atoms with E-state index in [0.29, 0.717) is 38.9 Å². The van der Waals surface area contributed by atoms with E-state index in [-0.39, 0.29) is 17.6 Å². The predicted molar refractivity (Wildman–Crippen MR) is 80.7 cm³/mol. The van der Waals surface area contributed by atoms with Crippen LogP contribution in [0.5, 0.6) is 0 Å². The monoisotopic (exact) mass is 332 g/mol. The number of carbonyl (C=O) groups is 2. The summed E-state index contributed by atoms with van der Waals surface area (Å²) in [4.78, 5) is 25.4. The van der Waals surface area contributed by atoms with Crippen LogP contribution in [0.3, 0.4) is 0 Å². The molecule has 1 atom stereocenters. The molecule has 0 aromatic heterocycles. The first-order chi connectivity index (χ1) is 10.2. The molecule has 2 saturated heterocycles. The Morgan fingerprint density at radius 1 is 1.14 bits per heavy atom. The van der Waals surface area contributed by atoms with Crippen LogP contribution < -0.4 is 0 Å². The van der Waals surface area contributed by atoms with Crippen LogP contribution in [0.25, 0.3) is 0 Å². The zero-order chi connectivity index (χ0) is 16.5. The van der Waals surface area contributed by atoms with Crippen molar-refractivity contribution in [3.63, 3.8) is 0 Å². The van der Waals surface area contributed by atoms with Crippen molar-refractivity contribution >= 4 is 21.9 Å². The van der Waals surface area contributed by atoms with Gasteiger partial charge in [0.05, 0.1) is 11.7 Å². The fraction of sp³-hybridized carbons (Fsp3) is 0.857. The highest BCUT2D eigenvalue weighted by molar-refractivity contribution is 7.89. The van der Waals surface area contributed by atoms with E-state index in [9.17, 15) is 18.0 Å². The quantitative estimate of drug-likeness (QED) is 0.802. The molecule has 22 heavy (non-hydrogen) atoms. The molecule has 1 unspecified atom stereocenters. The van der Waals surface area contributed by atoms with Crippen LogP contribution in [-0.4, -0.2) is 66.0 Å². The Bertz CT molecular complexity index is 537. The summed E-state index contributed by atoms with van der Waals surface area (Å²) in [5.41, 5.74) is 0. The summed E-state index contributed by atoms with van der Waals surface area (Å²) in [6.07, 6.45) is 1.41. The molecule has 2 aliphatic rings. The number of piperidine rings is 1. The molecule has 0 aromatic carbocycles. The Kier molecular flexibility index (Phi) is 5.11. The minimum absolute atomic E-state index is 0.102. The van der Waals surface area contributed by atoms with E-state index < -0.39 is 28.0 Å². The van der Waals surface area contributed by atoms with Crippen molar-refractivity contribution in [2.75, 3.05) is 25.4 Å². The molecule has 1 N–H and O–H groups in total. The van der Waals surface area contributed by atoms with Gasteiger partial charge in [-0.3, -0.25) is 9.59 Å². The fourth-order valence-electron chi connectivity index (χ4n) is 3.25. The largest absolute Gasteiger partial charge is 0.481 e. The van der Waals surface area contributed by atoms with Gasteiger partial charge in [0.25, 0.3) is 0 Å². The second-order valence-corrected chi connectivity index (χ2v) is 8.45. The molecule has 0 radical (unpaired) electrons. The molecular weight excluding hydrogens is 308 g/mol. The summed E-state index contributed by atoms with van der Waals surface area (Å²) in [5, 5.41) is 9.01. The topological polar surface area (TPSA) is 95.0 Å². The summed E-state index contributed by atoms with van der Waals surface area (Å²) in [6.45, 7) is 4.85. The molecular formula is C14H24N2O5S. The zero-order valence-corrected chi connectivity index (χ0v) is 13.9. The SMILES string of the molecule is CC(C)C(C(=O)N1CCC(C(=O)O)CC1)N1CCCS1(=O)=O. The highest BCUT2D eigenvalue weighted by Gasteiger charge is 2.42. The lowest BCUT2D eigenvalue weighted by Crippen LogP contribution is -2.53. The van der Waals surface area contributed by atoms with Gasteiger partial charge in [-0.2, -0.15) is 4.31 Å². The third-order valence-corrected chi connectivity index (χ3v) is 6.42. The van der Waals surface area contributed by atoms with E-state index in [1.807, 2.05) is 13.8 Å². The van der Waals surface area contributed by atoms with Crippen LogP contribution in [0, 0.1) is 11.8 Å². The van der Waals surface area contributed by atoms with Gasteiger partial charge in [0.1, 0.15) is 6.04 Å². The molecule has 2 fully saturated rings. The van der Waals surface area contributed by atoms with Gasteiger partial charge < -0.3 is 10.0 Å². The number of rotatable bonds is 4.